The van der Waals surface area contributed by atoms with Gasteiger partial charge in [-0.2, -0.15) is 0 Å². The van der Waals surface area contributed by atoms with Crippen LogP contribution >= 0.6 is 8.07 Å². The molecule has 0 aromatic heterocycles. The van der Waals surface area contributed by atoms with E-state index in [0.29, 0.717) is 0 Å². The Bertz CT molecular complexity index is 242. The van der Waals surface area contributed by atoms with Gasteiger partial charge in [0.25, 0.3) is 0 Å². The summed E-state index contributed by atoms with van der Waals surface area (Å²) in [5.41, 5.74) is -0.458. The molecule has 14 heavy (non-hydrogen) atoms. The fraction of sp³-hybridized carbons (Fsp3) is 0.900. The lowest BCUT2D eigenvalue weighted by atomic mass is 9.83. The molecule has 0 aromatic carbocycles. The average molecular weight is 215 g/mol. The summed E-state index contributed by atoms with van der Waals surface area (Å²) in [5, 5.41) is 9.15. The van der Waals surface area contributed by atoms with E-state index >= 15 is 0 Å². The van der Waals surface area contributed by atoms with E-state index in [9.17, 15) is 4.79 Å². The number of carboxylic acids is 1. The van der Waals surface area contributed by atoms with Crippen molar-refractivity contribution in [2.75, 3.05) is 25.4 Å². The Morgan fingerprint density at radius 1 is 1.36 bits per heavy atom. The van der Waals surface area contributed by atoms with Crippen molar-refractivity contribution in [1.82, 2.24) is 4.67 Å². The highest BCUT2D eigenvalue weighted by atomic mass is 31.1. The number of hydrogen-bond acceptors (Lipinski definition) is 2. The molecule has 0 aliphatic carbocycles. The van der Waals surface area contributed by atoms with Gasteiger partial charge in [-0.3, -0.25) is 9.46 Å². The molecule has 0 aromatic rings. The van der Waals surface area contributed by atoms with E-state index in [2.05, 4.69) is 4.67 Å². The van der Waals surface area contributed by atoms with Crippen molar-refractivity contribution in [3.63, 3.8) is 0 Å². The Kier molecular flexibility index (Phi) is 2.81. The molecule has 2 rings (SSSR count). The third-order valence-electron chi connectivity index (χ3n) is 3.41. The molecule has 4 heteroatoms. The SMILES string of the molecule is CC1(C(=O)O)CCCN(P2CC2)CC1. The van der Waals surface area contributed by atoms with Crippen molar-refractivity contribution in [2.45, 2.75) is 26.2 Å². The molecular formula is C10H18NO2P. The molecule has 0 saturated carbocycles. The average Bonchev–Trinajstić information content (AvgIpc) is 2.90. The lowest BCUT2D eigenvalue weighted by molar-refractivity contribution is -0.148. The molecule has 1 unspecified atom stereocenters. The van der Waals surface area contributed by atoms with Crippen LogP contribution in [0.15, 0.2) is 0 Å². The number of aliphatic carboxylic acids is 1. The number of hydrogen-bond donors (Lipinski definition) is 1. The Balaban J connectivity index is 1.96. The van der Waals surface area contributed by atoms with Gasteiger partial charge >= 0.3 is 5.97 Å². The van der Waals surface area contributed by atoms with Gasteiger partial charge in [0.2, 0.25) is 0 Å². The summed E-state index contributed by atoms with van der Waals surface area (Å²) >= 11 is 0. The van der Waals surface area contributed by atoms with Crippen molar-refractivity contribution in [3.8, 4) is 0 Å². The van der Waals surface area contributed by atoms with E-state index < -0.39 is 11.4 Å². The zero-order valence-electron chi connectivity index (χ0n) is 8.70. The van der Waals surface area contributed by atoms with Gasteiger partial charge in [-0.25, -0.2) is 0 Å². The van der Waals surface area contributed by atoms with Gasteiger partial charge in [-0.05, 0) is 46.6 Å². The Hall–Kier alpha value is -0.140. The topological polar surface area (TPSA) is 40.5 Å². The molecule has 0 spiro atoms. The summed E-state index contributed by atoms with van der Waals surface area (Å²) in [6.45, 7) is 4.04. The van der Waals surface area contributed by atoms with Crippen LogP contribution in [-0.4, -0.2) is 41.2 Å². The number of carboxylic acid groups (broad SMARTS) is 1. The fourth-order valence-corrected chi connectivity index (χ4v) is 3.82. The normalized spacial score (nSPS) is 35.2. The zero-order chi connectivity index (χ0) is 10.2. The summed E-state index contributed by atoms with van der Waals surface area (Å²) in [4.78, 5) is 11.1. The third-order valence-corrected chi connectivity index (χ3v) is 5.45. The summed E-state index contributed by atoms with van der Waals surface area (Å²) < 4.78 is 2.55. The maximum atomic E-state index is 11.1. The van der Waals surface area contributed by atoms with Crippen LogP contribution in [0.1, 0.15) is 26.2 Å². The standard InChI is InChI=1S/C10H18NO2P/c1-10(9(12)13)3-2-5-11(6-4-10)14-7-8-14/h2-8H2,1H3,(H,12,13). The van der Waals surface area contributed by atoms with Crippen molar-refractivity contribution >= 4 is 14.0 Å². The Morgan fingerprint density at radius 2 is 2.07 bits per heavy atom. The van der Waals surface area contributed by atoms with Crippen molar-refractivity contribution in [3.05, 3.63) is 0 Å². The van der Waals surface area contributed by atoms with Crippen molar-refractivity contribution < 1.29 is 9.90 Å². The minimum Gasteiger partial charge on any atom is -0.481 e. The van der Waals surface area contributed by atoms with E-state index in [0.717, 1.165) is 32.4 Å². The lowest BCUT2D eigenvalue weighted by Crippen LogP contribution is -2.28. The van der Waals surface area contributed by atoms with Gasteiger partial charge in [0.1, 0.15) is 0 Å². The largest absolute Gasteiger partial charge is 0.481 e. The summed E-state index contributed by atoms with van der Waals surface area (Å²) in [6, 6.07) is 0. The van der Waals surface area contributed by atoms with E-state index in [1.54, 1.807) is 0 Å². The van der Waals surface area contributed by atoms with Gasteiger partial charge in [0, 0.05) is 13.1 Å². The summed E-state index contributed by atoms with van der Waals surface area (Å²) in [5.74, 6) is -0.608. The third kappa shape index (κ3) is 2.09. The molecule has 2 aliphatic heterocycles. The van der Waals surface area contributed by atoms with Crippen LogP contribution in [0, 0.1) is 5.41 Å². The second kappa shape index (κ2) is 3.79. The second-order valence-electron chi connectivity index (χ2n) is 4.63. The van der Waals surface area contributed by atoms with Crippen LogP contribution < -0.4 is 0 Å². The zero-order valence-corrected chi connectivity index (χ0v) is 9.59. The summed E-state index contributed by atoms with van der Waals surface area (Å²) in [7, 11) is 0.194. The first-order chi connectivity index (χ1) is 6.62. The maximum absolute atomic E-state index is 11.1. The van der Waals surface area contributed by atoms with Gasteiger partial charge in [0.05, 0.1) is 5.41 Å². The number of nitrogens with zero attached hydrogens (tertiary/aromatic N) is 1. The maximum Gasteiger partial charge on any atom is 0.309 e. The molecular weight excluding hydrogens is 197 g/mol. The van der Waals surface area contributed by atoms with Crippen LogP contribution in [0.3, 0.4) is 0 Å². The molecule has 3 nitrogen and oxygen atoms in total. The highest BCUT2D eigenvalue weighted by Crippen LogP contribution is 2.55. The molecule has 2 aliphatic rings. The van der Waals surface area contributed by atoms with Crippen LogP contribution in [0.4, 0.5) is 0 Å². The number of carbonyl (C=O) groups is 1. The molecule has 0 bridgehead atoms. The molecule has 2 saturated heterocycles. The van der Waals surface area contributed by atoms with E-state index in [4.69, 9.17) is 5.11 Å². The fourth-order valence-electron chi connectivity index (χ4n) is 2.09. The Labute approximate surface area is 86.3 Å². The van der Waals surface area contributed by atoms with Crippen molar-refractivity contribution in [1.29, 1.82) is 0 Å². The Morgan fingerprint density at radius 3 is 2.64 bits per heavy atom. The van der Waals surface area contributed by atoms with Gasteiger partial charge in [0.15, 0.2) is 0 Å². The van der Waals surface area contributed by atoms with Crippen LogP contribution in [-0.2, 0) is 4.79 Å². The minimum atomic E-state index is -0.608. The smallest absolute Gasteiger partial charge is 0.309 e. The van der Waals surface area contributed by atoms with E-state index in [-0.39, 0.29) is 8.07 Å². The van der Waals surface area contributed by atoms with Crippen LogP contribution in [0.5, 0.6) is 0 Å². The van der Waals surface area contributed by atoms with Crippen molar-refractivity contribution in [2.24, 2.45) is 5.41 Å². The molecule has 1 N–H and O–H groups in total. The van der Waals surface area contributed by atoms with Gasteiger partial charge < -0.3 is 5.11 Å². The molecule has 1 atom stereocenters. The van der Waals surface area contributed by atoms with Crippen LogP contribution in [0.25, 0.3) is 0 Å². The van der Waals surface area contributed by atoms with E-state index in [1.807, 2.05) is 6.92 Å². The quantitative estimate of drug-likeness (QED) is 0.716. The highest BCUT2D eigenvalue weighted by molar-refractivity contribution is 7.62. The van der Waals surface area contributed by atoms with E-state index in [1.165, 1.54) is 12.3 Å². The predicted octanol–water partition coefficient (Wildman–Crippen LogP) is 1.97. The first-order valence-corrected chi connectivity index (χ1v) is 7.01. The second-order valence-corrected chi connectivity index (χ2v) is 7.10. The molecule has 2 fully saturated rings. The number of rotatable bonds is 2. The summed E-state index contributed by atoms with van der Waals surface area (Å²) in [6.07, 6.45) is 5.52. The monoisotopic (exact) mass is 215 g/mol. The molecule has 0 radical (unpaired) electrons. The molecule has 2 heterocycles. The highest BCUT2D eigenvalue weighted by Gasteiger charge is 2.38. The van der Waals surface area contributed by atoms with Crippen LogP contribution in [0.2, 0.25) is 0 Å². The molecule has 80 valence electrons. The van der Waals surface area contributed by atoms with Gasteiger partial charge in [-0.1, -0.05) is 0 Å². The van der Waals surface area contributed by atoms with Gasteiger partial charge in [-0.15, -0.1) is 0 Å². The minimum absolute atomic E-state index is 0.194. The predicted molar refractivity (Wildman–Crippen MR) is 57.8 cm³/mol. The lowest BCUT2D eigenvalue weighted by Gasteiger charge is -2.23. The first kappa shape index (κ1) is 10.4. The first-order valence-electron chi connectivity index (χ1n) is 5.35. The molecule has 0 amide bonds.